The average Bonchev–Trinajstić information content (AvgIpc) is 2.76. The number of aliphatic hydroxyl groups is 1. The van der Waals surface area contributed by atoms with E-state index >= 15 is 0 Å². The number of aromatic nitrogens is 2. The molecule has 1 amide bonds. The average molecular weight is 245 g/mol. The molecule has 1 aromatic carbocycles. The van der Waals surface area contributed by atoms with Gasteiger partial charge in [-0.05, 0) is 12.5 Å². The SMILES string of the molecule is Cc1cc(NC(=O)C(O)Cc2ccccc2)n[nH]1. The number of nitrogens with one attached hydrogen (secondary N) is 2. The first kappa shape index (κ1) is 12.3. The third kappa shape index (κ3) is 3.18. The summed E-state index contributed by atoms with van der Waals surface area (Å²) in [6.45, 7) is 1.84. The number of aromatic amines is 1. The number of carbonyl (C=O) groups is 1. The van der Waals surface area contributed by atoms with Crippen LogP contribution in [0, 0.1) is 6.92 Å². The van der Waals surface area contributed by atoms with Crippen LogP contribution in [-0.2, 0) is 11.2 Å². The molecule has 2 rings (SSSR count). The first-order valence-electron chi connectivity index (χ1n) is 5.70. The highest BCUT2D eigenvalue weighted by molar-refractivity contribution is 5.93. The molecule has 1 unspecified atom stereocenters. The van der Waals surface area contributed by atoms with Gasteiger partial charge in [0.05, 0.1) is 0 Å². The smallest absolute Gasteiger partial charge is 0.254 e. The van der Waals surface area contributed by atoms with Crippen LogP contribution >= 0.6 is 0 Å². The normalized spacial score (nSPS) is 12.1. The lowest BCUT2D eigenvalue weighted by atomic mass is 10.1. The summed E-state index contributed by atoms with van der Waals surface area (Å²) < 4.78 is 0. The fourth-order valence-corrected chi connectivity index (χ4v) is 1.62. The third-order valence-corrected chi connectivity index (χ3v) is 2.53. The Balaban J connectivity index is 1.93. The van der Waals surface area contributed by atoms with Crippen LogP contribution in [0.15, 0.2) is 36.4 Å². The van der Waals surface area contributed by atoms with Gasteiger partial charge in [0.15, 0.2) is 5.82 Å². The Bertz CT molecular complexity index is 522. The maximum Gasteiger partial charge on any atom is 0.254 e. The van der Waals surface area contributed by atoms with Gasteiger partial charge in [0.1, 0.15) is 6.10 Å². The predicted octanol–water partition coefficient (Wildman–Crippen LogP) is 1.26. The van der Waals surface area contributed by atoms with Crippen LogP contribution in [0.2, 0.25) is 0 Å². The van der Waals surface area contributed by atoms with Gasteiger partial charge in [-0.15, -0.1) is 0 Å². The molecule has 1 aromatic heterocycles. The first-order chi connectivity index (χ1) is 8.65. The van der Waals surface area contributed by atoms with E-state index in [4.69, 9.17) is 0 Å². The van der Waals surface area contributed by atoms with Crippen molar-refractivity contribution in [3.63, 3.8) is 0 Å². The maximum atomic E-state index is 11.7. The predicted molar refractivity (Wildman–Crippen MR) is 68.1 cm³/mol. The van der Waals surface area contributed by atoms with Gasteiger partial charge in [-0.25, -0.2) is 0 Å². The lowest BCUT2D eigenvalue weighted by molar-refractivity contribution is -0.123. The van der Waals surface area contributed by atoms with Crippen LogP contribution in [0.4, 0.5) is 5.82 Å². The summed E-state index contributed by atoms with van der Waals surface area (Å²) in [4.78, 5) is 11.7. The number of H-pyrrole nitrogens is 1. The number of hydrogen-bond donors (Lipinski definition) is 3. The van der Waals surface area contributed by atoms with E-state index in [1.54, 1.807) is 6.07 Å². The molecule has 0 saturated carbocycles. The number of benzene rings is 1. The largest absolute Gasteiger partial charge is 0.383 e. The summed E-state index contributed by atoms with van der Waals surface area (Å²) in [5.74, 6) is -0.0324. The topological polar surface area (TPSA) is 78.0 Å². The van der Waals surface area contributed by atoms with Crippen molar-refractivity contribution in [3.05, 3.63) is 47.7 Å². The van der Waals surface area contributed by atoms with Crippen LogP contribution in [0.25, 0.3) is 0 Å². The van der Waals surface area contributed by atoms with Crippen molar-refractivity contribution in [2.24, 2.45) is 0 Å². The zero-order chi connectivity index (χ0) is 13.0. The highest BCUT2D eigenvalue weighted by atomic mass is 16.3. The molecule has 18 heavy (non-hydrogen) atoms. The summed E-state index contributed by atoms with van der Waals surface area (Å²) in [6.07, 6.45) is -0.791. The lowest BCUT2D eigenvalue weighted by Gasteiger charge is -2.09. The Labute approximate surface area is 105 Å². The second-order valence-corrected chi connectivity index (χ2v) is 4.13. The molecule has 5 heteroatoms. The third-order valence-electron chi connectivity index (χ3n) is 2.53. The van der Waals surface area contributed by atoms with Crippen LogP contribution in [0.1, 0.15) is 11.3 Å². The minimum atomic E-state index is -1.08. The zero-order valence-electron chi connectivity index (χ0n) is 10.1. The van der Waals surface area contributed by atoms with Crippen LogP contribution < -0.4 is 5.32 Å². The van der Waals surface area contributed by atoms with Crippen molar-refractivity contribution in [2.45, 2.75) is 19.4 Å². The molecule has 2 aromatic rings. The van der Waals surface area contributed by atoms with E-state index in [1.807, 2.05) is 37.3 Å². The van der Waals surface area contributed by atoms with E-state index < -0.39 is 12.0 Å². The summed E-state index contributed by atoms with van der Waals surface area (Å²) in [5, 5.41) is 18.9. The fraction of sp³-hybridized carbons (Fsp3) is 0.231. The van der Waals surface area contributed by atoms with Crippen molar-refractivity contribution in [2.75, 3.05) is 5.32 Å². The van der Waals surface area contributed by atoms with E-state index in [-0.39, 0.29) is 6.42 Å². The molecule has 0 saturated heterocycles. The molecule has 0 radical (unpaired) electrons. The van der Waals surface area contributed by atoms with Crippen LogP contribution in [0.5, 0.6) is 0 Å². The molecule has 0 spiro atoms. The quantitative estimate of drug-likeness (QED) is 0.758. The molecule has 94 valence electrons. The van der Waals surface area contributed by atoms with Crippen LogP contribution in [-0.4, -0.2) is 27.3 Å². The molecule has 0 fully saturated rings. The molecule has 3 N–H and O–H groups in total. The van der Waals surface area contributed by atoms with E-state index in [1.165, 1.54) is 0 Å². The Morgan fingerprint density at radius 2 is 2.17 bits per heavy atom. The molecule has 0 aliphatic heterocycles. The number of rotatable bonds is 4. The highest BCUT2D eigenvalue weighted by Gasteiger charge is 2.16. The van der Waals surface area contributed by atoms with Gasteiger partial charge in [0, 0.05) is 18.2 Å². The van der Waals surface area contributed by atoms with Crippen molar-refractivity contribution in [1.29, 1.82) is 0 Å². The molecular formula is C13H15N3O2. The number of aryl methyl sites for hydroxylation is 1. The number of carbonyl (C=O) groups excluding carboxylic acids is 1. The van der Waals surface area contributed by atoms with E-state index in [2.05, 4.69) is 15.5 Å². The summed E-state index contributed by atoms with van der Waals surface area (Å²) in [7, 11) is 0. The van der Waals surface area contributed by atoms with Gasteiger partial charge in [-0.3, -0.25) is 9.89 Å². The van der Waals surface area contributed by atoms with Crippen LogP contribution in [0.3, 0.4) is 0 Å². The molecule has 1 atom stereocenters. The molecule has 5 nitrogen and oxygen atoms in total. The number of aliphatic hydroxyl groups excluding tert-OH is 1. The minimum Gasteiger partial charge on any atom is -0.383 e. The van der Waals surface area contributed by atoms with Gasteiger partial charge in [-0.1, -0.05) is 30.3 Å². The summed E-state index contributed by atoms with van der Waals surface area (Å²) in [5.41, 5.74) is 1.77. The van der Waals surface area contributed by atoms with Gasteiger partial charge in [0.25, 0.3) is 5.91 Å². The van der Waals surface area contributed by atoms with Crippen molar-refractivity contribution in [3.8, 4) is 0 Å². The Hall–Kier alpha value is -2.14. The van der Waals surface area contributed by atoms with E-state index in [9.17, 15) is 9.90 Å². The van der Waals surface area contributed by atoms with Crippen molar-refractivity contribution < 1.29 is 9.90 Å². The maximum absolute atomic E-state index is 11.7. The molecule has 1 heterocycles. The van der Waals surface area contributed by atoms with Gasteiger partial charge < -0.3 is 10.4 Å². The lowest BCUT2D eigenvalue weighted by Crippen LogP contribution is -2.29. The molecule has 0 bridgehead atoms. The van der Waals surface area contributed by atoms with Gasteiger partial charge >= 0.3 is 0 Å². The Morgan fingerprint density at radius 1 is 1.44 bits per heavy atom. The number of hydrogen-bond acceptors (Lipinski definition) is 3. The zero-order valence-corrected chi connectivity index (χ0v) is 10.1. The summed E-state index contributed by atoms with van der Waals surface area (Å²) in [6, 6.07) is 11.1. The second-order valence-electron chi connectivity index (χ2n) is 4.13. The fourth-order valence-electron chi connectivity index (χ4n) is 1.62. The first-order valence-corrected chi connectivity index (χ1v) is 5.70. The van der Waals surface area contributed by atoms with Crippen molar-refractivity contribution in [1.82, 2.24) is 10.2 Å². The number of amides is 1. The van der Waals surface area contributed by atoms with Gasteiger partial charge in [-0.2, -0.15) is 5.10 Å². The number of nitrogens with zero attached hydrogens (tertiary/aromatic N) is 1. The molecular weight excluding hydrogens is 230 g/mol. The minimum absolute atomic E-state index is 0.288. The second kappa shape index (κ2) is 5.46. The Kier molecular flexibility index (Phi) is 3.74. The van der Waals surface area contributed by atoms with E-state index in [0.29, 0.717) is 5.82 Å². The molecule has 0 aliphatic rings. The number of anilines is 1. The van der Waals surface area contributed by atoms with Gasteiger partial charge in [0.2, 0.25) is 0 Å². The summed E-state index contributed by atoms with van der Waals surface area (Å²) >= 11 is 0. The standard InChI is InChI=1S/C13H15N3O2/c1-9-7-12(16-15-9)14-13(18)11(17)8-10-5-3-2-4-6-10/h2-7,11,17H,8H2,1H3,(H2,14,15,16,18). The van der Waals surface area contributed by atoms with Crippen molar-refractivity contribution >= 4 is 11.7 Å². The monoisotopic (exact) mass is 245 g/mol. The Morgan fingerprint density at radius 3 is 2.78 bits per heavy atom. The van der Waals surface area contributed by atoms with E-state index in [0.717, 1.165) is 11.3 Å². The molecule has 0 aliphatic carbocycles. The highest BCUT2D eigenvalue weighted by Crippen LogP contribution is 2.07.